The van der Waals surface area contributed by atoms with Gasteiger partial charge in [-0.1, -0.05) is 49.6 Å². The minimum absolute atomic E-state index is 0.359. The summed E-state index contributed by atoms with van der Waals surface area (Å²) in [5, 5.41) is 0. The van der Waals surface area contributed by atoms with Crippen LogP contribution in [0.2, 0.25) is 0 Å². The van der Waals surface area contributed by atoms with E-state index in [4.69, 9.17) is 0 Å². The Morgan fingerprint density at radius 1 is 1.33 bits per heavy atom. The first-order valence-corrected chi connectivity index (χ1v) is 4.71. The molecule has 0 atom stereocenters. The molecule has 0 aliphatic heterocycles. The standard InChI is InChI=1S/C8H8.C5H8O2/c1-2-8-6-4-3-5-7-8;1-3-5(6)7-4-2/h2-7H,1H2;3H,1,4H2,2H3. The zero-order valence-electron chi connectivity index (χ0n) is 8.98. The summed E-state index contributed by atoms with van der Waals surface area (Å²) in [6.45, 7) is 9.01. The zero-order valence-corrected chi connectivity index (χ0v) is 8.98. The number of carbonyl (C=O) groups is 1. The molecule has 80 valence electrons. The molecule has 0 bridgehead atoms. The molecule has 1 aromatic carbocycles. The number of hydrogen-bond acceptors (Lipinski definition) is 2. The number of benzene rings is 1. The predicted molar refractivity (Wildman–Crippen MR) is 63.4 cm³/mol. The van der Waals surface area contributed by atoms with Crippen LogP contribution in [-0.4, -0.2) is 12.6 Å². The molecule has 0 radical (unpaired) electrons. The third-order valence-electron chi connectivity index (χ3n) is 1.49. The summed E-state index contributed by atoms with van der Waals surface area (Å²) in [7, 11) is 0. The molecule has 0 saturated heterocycles. The van der Waals surface area contributed by atoms with E-state index in [2.05, 4.69) is 17.9 Å². The van der Waals surface area contributed by atoms with E-state index in [9.17, 15) is 4.79 Å². The van der Waals surface area contributed by atoms with E-state index in [-0.39, 0.29) is 5.97 Å². The molecule has 0 N–H and O–H groups in total. The van der Waals surface area contributed by atoms with Gasteiger partial charge < -0.3 is 4.74 Å². The van der Waals surface area contributed by atoms with Gasteiger partial charge in [0.05, 0.1) is 6.61 Å². The normalized spacial score (nSPS) is 8.07. The van der Waals surface area contributed by atoms with Crippen LogP contribution in [0.25, 0.3) is 6.08 Å². The molecule has 2 heteroatoms. The molecule has 0 unspecified atom stereocenters. The number of hydrogen-bond donors (Lipinski definition) is 0. The van der Waals surface area contributed by atoms with Crippen molar-refractivity contribution in [3.05, 3.63) is 55.1 Å². The molecule has 0 fully saturated rings. The van der Waals surface area contributed by atoms with Gasteiger partial charge in [0, 0.05) is 6.08 Å². The van der Waals surface area contributed by atoms with Gasteiger partial charge in [-0.15, -0.1) is 0 Å². The molecule has 0 aliphatic rings. The lowest BCUT2D eigenvalue weighted by atomic mass is 10.2. The maximum absolute atomic E-state index is 10.1. The Hall–Kier alpha value is -1.83. The highest BCUT2D eigenvalue weighted by atomic mass is 16.5. The quantitative estimate of drug-likeness (QED) is 0.558. The summed E-state index contributed by atoms with van der Waals surface area (Å²) in [5.41, 5.74) is 1.17. The third kappa shape index (κ3) is 7.26. The monoisotopic (exact) mass is 204 g/mol. The van der Waals surface area contributed by atoms with Crippen LogP contribution >= 0.6 is 0 Å². The summed E-state index contributed by atoms with van der Waals surface area (Å²) in [4.78, 5) is 10.1. The molecule has 1 rings (SSSR count). The Balaban J connectivity index is 0.000000265. The second-order valence-electron chi connectivity index (χ2n) is 2.57. The van der Waals surface area contributed by atoms with E-state index in [1.165, 1.54) is 5.56 Å². The summed E-state index contributed by atoms with van der Waals surface area (Å²) in [5.74, 6) is -0.359. The summed E-state index contributed by atoms with van der Waals surface area (Å²) in [6, 6.07) is 10.0. The van der Waals surface area contributed by atoms with Crippen molar-refractivity contribution in [2.24, 2.45) is 0 Å². The highest BCUT2D eigenvalue weighted by molar-refractivity contribution is 5.81. The highest BCUT2D eigenvalue weighted by Gasteiger charge is 1.86. The van der Waals surface area contributed by atoms with E-state index in [1.54, 1.807) is 6.92 Å². The van der Waals surface area contributed by atoms with Gasteiger partial charge in [0.1, 0.15) is 0 Å². The Morgan fingerprint density at radius 2 is 1.93 bits per heavy atom. The van der Waals surface area contributed by atoms with Crippen molar-refractivity contribution in [1.82, 2.24) is 0 Å². The number of carbonyl (C=O) groups excluding carboxylic acids is 1. The van der Waals surface area contributed by atoms with Gasteiger partial charge in [-0.3, -0.25) is 0 Å². The minimum Gasteiger partial charge on any atom is -0.463 e. The molecule has 1 aromatic rings. The second-order valence-corrected chi connectivity index (χ2v) is 2.57. The average molecular weight is 204 g/mol. The Kier molecular flexibility index (Phi) is 7.69. The first-order chi connectivity index (χ1) is 7.24. The van der Waals surface area contributed by atoms with Crippen LogP contribution in [0, 0.1) is 0 Å². The van der Waals surface area contributed by atoms with Crippen molar-refractivity contribution in [2.75, 3.05) is 6.61 Å². The van der Waals surface area contributed by atoms with E-state index < -0.39 is 0 Å². The Morgan fingerprint density at radius 3 is 2.20 bits per heavy atom. The minimum atomic E-state index is -0.359. The fraction of sp³-hybridized carbons (Fsp3) is 0.154. The van der Waals surface area contributed by atoms with Crippen LogP contribution in [0.5, 0.6) is 0 Å². The van der Waals surface area contributed by atoms with Gasteiger partial charge >= 0.3 is 5.97 Å². The molecular weight excluding hydrogens is 188 g/mol. The van der Waals surface area contributed by atoms with E-state index in [1.807, 2.05) is 36.4 Å². The van der Waals surface area contributed by atoms with E-state index in [0.717, 1.165) is 6.08 Å². The maximum Gasteiger partial charge on any atom is 0.330 e. The van der Waals surface area contributed by atoms with Gasteiger partial charge in [0.2, 0.25) is 0 Å². The fourth-order valence-electron chi connectivity index (χ4n) is 0.790. The van der Waals surface area contributed by atoms with Crippen molar-refractivity contribution >= 4 is 12.0 Å². The second kappa shape index (κ2) is 8.75. The van der Waals surface area contributed by atoms with E-state index >= 15 is 0 Å². The lowest BCUT2D eigenvalue weighted by Crippen LogP contribution is -1.97. The molecular formula is C13H16O2. The molecule has 0 heterocycles. The fourth-order valence-corrected chi connectivity index (χ4v) is 0.790. The Labute approximate surface area is 90.9 Å². The maximum atomic E-state index is 10.1. The van der Waals surface area contributed by atoms with Crippen LogP contribution in [0.1, 0.15) is 12.5 Å². The van der Waals surface area contributed by atoms with Gasteiger partial charge in [0.25, 0.3) is 0 Å². The first-order valence-electron chi connectivity index (χ1n) is 4.71. The highest BCUT2D eigenvalue weighted by Crippen LogP contribution is 1.97. The molecule has 0 aromatic heterocycles. The van der Waals surface area contributed by atoms with Gasteiger partial charge in [-0.2, -0.15) is 0 Å². The smallest absolute Gasteiger partial charge is 0.330 e. The van der Waals surface area contributed by atoms with Crippen molar-refractivity contribution < 1.29 is 9.53 Å². The topological polar surface area (TPSA) is 26.3 Å². The van der Waals surface area contributed by atoms with Crippen molar-refractivity contribution in [3.8, 4) is 0 Å². The molecule has 0 spiro atoms. The van der Waals surface area contributed by atoms with Crippen LogP contribution in [-0.2, 0) is 9.53 Å². The summed E-state index contributed by atoms with van der Waals surface area (Å²) in [6.07, 6.45) is 2.98. The van der Waals surface area contributed by atoms with Gasteiger partial charge in [-0.05, 0) is 12.5 Å². The van der Waals surface area contributed by atoms with Crippen molar-refractivity contribution in [1.29, 1.82) is 0 Å². The lowest BCUT2D eigenvalue weighted by molar-refractivity contribution is -0.137. The molecule has 15 heavy (non-hydrogen) atoms. The lowest BCUT2D eigenvalue weighted by Gasteiger charge is -1.90. The number of rotatable bonds is 3. The molecule has 0 aliphatic carbocycles. The van der Waals surface area contributed by atoms with Gasteiger partial charge in [-0.25, -0.2) is 4.79 Å². The van der Waals surface area contributed by atoms with Crippen LogP contribution < -0.4 is 0 Å². The van der Waals surface area contributed by atoms with Crippen LogP contribution in [0.3, 0.4) is 0 Å². The van der Waals surface area contributed by atoms with Crippen LogP contribution in [0.15, 0.2) is 49.6 Å². The average Bonchev–Trinajstić information content (AvgIpc) is 2.31. The molecule has 2 nitrogen and oxygen atoms in total. The van der Waals surface area contributed by atoms with Crippen molar-refractivity contribution in [3.63, 3.8) is 0 Å². The third-order valence-corrected chi connectivity index (χ3v) is 1.49. The largest absolute Gasteiger partial charge is 0.463 e. The number of esters is 1. The molecule has 0 saturated carbocycles. The number of ether oxygens (including phenoxy) is 1. The first kappa shape index (κ1) is 13.2. The SMILES string of the molecule is C=CC(=O)OCC.C=Cc1ccccc1. The van der Waals surface area contributed by atoms with Crippen molar-refractivity contribution in [2.45, 2.75) is 6.92 Å². The van der Waals surface area contributed by atoms with Gasteiger partial charge in [0.15, 0.2) is 0 Å². The Bertz CT molecular complexity index is 302. The molecule has 0 amide bonds. The van der Waals surface area contributed by atoms with E-state index in [0.29, 0.717) is 6.61 Å². The predicted octanol–water partition coefficient (Wildman–Crippen LogP) is 3.07. The summed E-state index contributed by atoms with van der Waals surface area (Å²) >= 11 is 0. The van der Waals surface area contributed by atoms with Crippen LogP contribution in [0.4, 0.5) is 0 Å². The summed E-state index contributed by atoms with van der Waals surface area (Å²) < 4.78 is 4.43. The zero-order chi connectivity index (χ0) is 11.5.